The van der Waals surface area contributed by atoms with Crippen LogP contribution in [0, 0.1) is 0 Å². The van der Waals surface area contributed by atoms with E-state index in [4.69, 9.17) is 33.2 Å². The van der Waals surface area contributed by atoms with Crippen molar-refractivity contribution in [2.24, 2.45) is 0 Å². The fourth-order valence-electron chi connectivity index (χ4n) is 3.45. The molecule has 2 rings (SSSR count). The molecule has 12 heteroatoms. The largest absolute Gasteiger partial charge is 0.463 e. The van der Waals surface area contributed by atoms with Gasteiger partial charge >= 0.3 is 29.8 Å². The number of rotatable bonds is 10. The van der Waals surface area contributed by atoms with Crippen molar-refractivity contribution in [2.45, 2.75) is 65.3 Å². The van der Waals surface area contributed by atoms with Gasteiger partial charge in [-0.1, -0.05) is 30.3 Å². The molecule has 0 spiro atoms. The first-order valence-electron chi connectivity index (χ1n) is 11.4. The third kappa shape index (κ3) is 9.22. The zero-order valence-corrected chi connectivity index (χ0v) is 21.2. The molecule has 0 aromatic heterocycles. The second-order valence-electron chi connectivity index (χ2n) is 7.83. The molecule has 1 heterocycles. The van der Waals surface area contributed by atoms with Crippen LogP contribution < -0.4 is 0 Å². The summed E-state index contributed by atoms with van der Waals surface area (Å²) in [4.78, 5) is 59.9. The lowest BCUT2D eigenvalue weighted by molar-refractivity contribution is -0.299. The van der Waals surface area contributed by atoms with Gasteiger partial charge < -0.3 is 33.2 Å². The van der Waals surface area contributed by atoms with Gasteiger partial charge in [-0.25, -0.2) is 4.79 Å². The second-order valence-corrected chi connectivity index (χ2v) is 7.83. The summed E-state index contributed by atoms with van der Waals surface area (Å²) in [6.07, 6.45) is -5.70. The summed E-state index contributed by atoms with van der Waals surface area (Å²) in [6, 6.07) is 8.67. The highest BCUT2D eigenvalue weighted by atomic mass is 16.7. The Morgan fingerprint density at radius 3 is 1.86 bits per heavy atom. The Kier molecular flexibility index (Phi) is 11.1. The normalized spacial score (nSPS) is 23.3. The van der Waals surface area contributed by atoms with Crippen LogP contribution in [0.25, 0.3) is 6.08 Å². The lowest BCUT2D eigenvalue weighted by Gasteiger charge is -2.43. The first kappa shape index (κ1) is 29.3. The molecular weight excluding hydrogens is 492 g/mol. The van der Waals surface area contributed by atoms with Crippen molar-refractivity contribution in [2.75, 3.05) is 13.2 Å². The number of esters is 5. The maximum Gasteiger partial charge on any atom is 0.373 e. The van der Waals surface area contributed by atoms with E-state index in [1.165, 1.54) is 6.08 Å². The average Bonchev–Trinajstić information content (AvgIpc) is 2.81. The molecule has 5 atom stereocenters. The van der Waals surface area contributed by atoms with Gasteiger partial charge in [-0.05, 0) is 18.6 Å². The number of benzene rings is 1. The van der Waals surface area contributed by atoms with Crippen LogP contribution in [-0.2, 0) is 57.1 Å². The fourth-order valence-corrected chi connectivity index (χ4v) is 3.45. The molecule has 1 aromatic carbocycles. The van der Waals surface area contributed by atoms with Gasteiger partial charge in [0.1, 0.15) is 12.7 Å². The van der Waals surface area contributed by atoms with Gasteiger partial charge in [0.15, 0.2) is 12.2 Å². The molecule has 0 bridgehead atoms. The zero-order chi connectivity index (χ0) is 27.5. The van der Waals surface area contributed by atoms with E-state index in [1.54, 1.807) is 37.3 Å². The van der Waals surface area contributed by atoms with E-state index in [-0.39, 0.29) is 12.4 Å². The lowest BCUT2D eigenvalue weighted by atomic mass is 9.98. The Labute approximate surface area is 213 Å². The van der Waals surface area contributed by atoms with Gasteiger partial charge in [0.05, 0.1) is 6.61 Å². The first-order chi connectivity index (χ1) is 17.5. The topological polar surface area (TPSA) is 150 Å². The van der Waals surface area contributed by atoms with Crippen molar-refractivity contribution in [3.05, 3.63) is 41.7 Å². The smallest absolute Gasteiger partial charge is 0.373 e. The maximum absolute atomic E-state index is 12.7. The van der Waals surface area contributed by atoms with Crippen LogP contribution in [0.1, 0.15) is 40.2 Å². The van der Waals surface area contributed by atoms with Crippen molar-refractivity contribution in [3.8, 4) is 0 Å². The van der Waals surface area contributed by atoms with E-state index in [0.29, 0.717) is 5.56 Å². The summed E-state index contributed by atoms with van der Waals surface area (Å²) in [6.45, 7) is 5.66. The van der Waals surface area contributed by atoms with Crippen molar-refractivity contribution >= 4 is 35.9 Å². The van der Waals surface area contributed by atoms with Crippen molar-refractivity contribution in [3.63, 3.8) is 0 Å². The van der Waals surface area contributed by atoms with Gasteiger partial charge in [-0.2, -0.15) is 0 Å². The molecule has 0 amide bonds. The molecule has 0 N–H and O–H groups in total. The van der Waals surface area contributed by atoms with E-state index in [9.17, 15) is 24.0 Å². The second kappa shape index (κ2) is 14.0. The summed E-state index contributed by atoms with van der Waals surface area (Å²) < 4.78 is 37.9. The third-order valence-corrected chi connectivity index (χ3v) is 4.77. The van der Waals surface area contributed by atoms with Gasteiger partial charge in [0.2, 0.25) is 18.2 Å². The van der Waals surface area contributed by atoms with Crippen LogP contribution in [0.3, 0.4) is 0 Å². The van der Waals surface area contributed by atoms with E-state index in [1.807, 2.05) is 0 Å². The molecule has 0 unspecified atom stereocenters. The van der Waals surface area contributed by atoms with Gasteiger partial charge in [0, 0.05) is 27.7 Å². The SMILES string of the molecule is CCOC(=O)/C(=C/c1ccccc1)O[C@H]1O[C@@H](COC(C)=O)[C@@H](OC(C)=O)[C@@H](OC(C)=O)[C@@H]1OC(C)=O. The molecule has 1 aromatic rings. The first-order valence-corrected chi connectivity index (χ1v) is 11.4. The van der Waals surface area contributed by atoms with Crippen LogP contribution in [0.4, 0.5) is 0 Å². The quantitative estimate of drug-likeness (QED) is 0.190. The van der Waals surface area contributed by atoms with Crippen LogP contribution in [0.5, 0.6) is 0 Å². The standard InChI is InChI=1S/C25H30O12/c1-6-31-24(30)19(12-18-10-8-7-9-11-18)36-25-23(35-17(5)29)22(34-16(4)28)21(33-15(3)27)20(37-25)13-32-14(2)26/h7-12,20-23,25H,6,13H2,1-5H3/b19-12-/t20-,21+,22+,23-,25-/m0/s1. The molecule has 1 aliphatic heterocycles. The number of carbonyl (C=O) groups is 5. The monoisotopic (exact) mass is 522 g/mol. The highest BCUT2D eigenvalue weighted by Crippen LogP contribution is 2.31. The molecule has 37 heavy (non-hydrogen) atoms. The Balaban J connectivity index is 2.55. The highest BCUT2D eigenvalue weighted by molar-refractivity contribution is 5.91. The molecule has 202 valence electrons. The predicted octanol–water partition coefficient (Wildman–Crippen LogP) is 1.69. The van der Waals surface area contributed by atoms with Crippen LogP contribution in [-0.4, -0.2) is 73.8 Å². The number of hydrogen-bond donors (Lipinski definition) is 0. The number of hydrogen-bond acceptors (Lipinski definition) is 12. The molecule has 1 saturated heterocycles. The maximum atomic E-state index is 12.7. The molecule has 1 aliphatic rings. The van der Waals surface area contributed by atoms with Crippen molar-refractivity contribution in [1.82, 2.24) is 0 Å². The molecule has 0 aliphatic carbocycles. The lowest BCUT2D eigenvalue weighted by Crippen LogP contribution is -2.63. The third-order valence-electron chi connectivity index (χ3n) is 4.77. The van der Waals surface area contributed by atoms with Gasteiger partial charge in [-0.15, -0.1) is 0 Å². The Morgan fingerprint density at radius 1 is 0.757 bits per heavy atom. The van der Waals surface area contributed by atoms with Gasteiger partial charge in [0.25, 0.3) is 0 Å². The minimum absolute atomic E-state index is 0.0346. The van der Waals surface area contributed by atoms with E-state index >= 15 is 0 Å². The Morgan fingerprint density at radius 2 is 1.32 bits per heavy atom. The fraction of sp³-hybridized carbons (Fsp3) is 0.480. The zero-order valence-electron chi connectivity index (χ0n) is 21.2. The molecule has 12 nitrogen and oxygen atoms in total. The molecule has 0 radical (unpaired) electrons. The summed E-state index contributed by atoms with van der Waals surface area (Å²) in [5.74, 6) is -4.19. The molecule has 1 fully saturated rings. The molecule has 0 saturated carbocycles. The number of ether oxygens (including phenoxy) is 7. The van der Waals surface area contributed by atoms with Crippen LogP contribution in [0.15, 0.2) is 36.1 Å². The van der Waals surface area contributed by atoms with Gasteiger partial charge in [-0.3, -0.25) is 19.2 Å². The minimum atomic E-state index is -1.57. The highest BCUT2D eigenvalue weighted by Gasteiger charge is 2.53. The Hall–Kier alpha value is -3.93. The number of carbonyl (C=O) groups excluding carboxylic acids is 5. The van der Waals surface area contributed by atoms with E-state index in [2.05, 4.69) is 0 Å². The van der Waals surface area contributed by atoms with E-state index < -0.39 is 67.2 Å². The summed E-state index contributed by atoms with van der Waals surface area (Å²) in [7, 11) is 0. The average molecular weight is 523 g/mol. The summed E-state index contributed by atoms with van der Waals surface area (Å²) >= 11 is 0. The summed E-state index contributed by atoms with van der Waals surface area (Å²) in [5.41, 5.74) is 0.580. The van der Waals surface area contributed by atoms with Crippen LogP contribution >= 0.6 is 0 Å². The Bertz CT molecular complexity index is 1000. The minimum Gasteiger partial charge on any atom is -0.463 e. The molecular formula is C25H30O12. The van der Waals surface area contributed by atoms with Crippen molar-refractivity contribution < 1.29 is 57.1 Å². The van der Waals surface area contributed by atoms with E-state index in [0.717, 1.165) is 27.7 Å². The van der Waals surface area contributed by atoms with Crippen LogP contribution in [0.2, 0.25) is 0 Å². The summed E-state index contributed by atoms with van der Waals surface area (Å²) in [5, 5.41) is 0. The van der Waals surface area contributed by atoms with Crippen molar-refractivity contribution in [1.29, 1.82) is 0 Å². The predicted molar refractivity (Wildman–Crippen MR) is 124 cm³/mol.